The Kier molecular flexibility index (Phi) is 10.4. The van der Waals surface area contributed by atoms with Gasteiger partial charge in [-0.15, -0.1) is 5.06 Å². The van der Waals surface area contributed by atoms with Crippen molar-refractivity contribution in [2.45, 2.75) is 45.6 Å². The van der Waals surface area contributed by atoms with Crippen LogP contribution in [0, 0.1) is 0 Å². The van der Waals surface area contributed by atoms with E-state index in [1.165, 1.54) is 7.11 Å². The van der Waals surface area contributed by atoms with Gasteiger partial charge in [0.15, 0.2) is 0 Å². The van der Waals surface area contributed by atoms with Gasteiger partial charge in [0.05, 0.1) is 14.2 Å². The average Bonchev–Trinajstić information content (AvgIpc) is 2.91. The van der Waals surface area contributed by atoms with Gasteiger partial charge in [-0.2, -0.15) is 0 Å². The fourth-order valence-corrected chi connectivity index (χ4v) is 2.00. The molecule has 11 nitrogen and oxygen atoms in total. The van der Waals surface area contributed by atoms with Crippen LogP contribution in [0.25, 0.3) is 0 Å². The molecular weight excluding hydrogens is 350 g/mol. The molecule has 26 heavy (non-hydrogen) atoms. The van der Waals surface area contributed by atoms with E-state index in [1.54, 1.807) is 0 Å². The minimum Gasteiger partial charge on any atom is -0.453 e. The molecule has 1 heterocycles. The van der Waals surface area contributed by atoms with E-state index in [0.717, 1.165) is 7.11 Å². The molecule has 0 aliphatic carbocycles. The normalized spacial score (nSPS) is 14.2. The molecular formula is C15H25N3O8. The van der Waals surface area contributed by atoms with E-state index in [2.05, 4.69) is 20.1 Å². The first-order valence-electron chi connectivity index (χ1n) is 7.63. The highest BCUT2D eigenvalue weighted by Gasteiger charge is 2.35. The maximum atomic E-state index is 12.1. The molecule has 1 unspecified atom stereocenters. The molecule has 0 aromatic heterocycles. The molecule has 11 heteroatoms. The number of carbonyl (C=O) groups excluding carboxylic acids is 5. The predicted molar refractivity (Wildman–Crippen MR) is 87.5 cm³/mol. The number of methoxy groups -OCH3 is 2. The Morgan fingerprint density at radius 3 is 2.15 bits per heavy atom. The number of hydrogen-bond donors (Lipinski definition) is 2. The Morgan fingerprint density at radius 1 is 1.04 bits per heavy atom. The third-order valence-electron chi connectivity index (χ3n) is 3.32. The number of hydroxylamine groups is 2. The van der Waals surface area contributed by atoms with Crippen LogP contribution < -0.4 is 10.6 Å². The molecule has 1 atom stereocenters. The largest absolute Gasteiger partial charge is 0.453 e. The predicted octanol–water partition coefficient (Wildman–Crippen LogP) is 0.481. The van der Waals surface area contributed by atoms with Crippen molar-refractivity contribution >= 4 is 30.0 Å². The third kappa shape index (κ3) is 7.36. The van der Waals surface area contributed by atoms with E-state index in [1.807, 2.05) is 0 Å². The van der Waals surface area contributed by atoms with E-state index < -0.39 is 36.0 Å². The lowest BCUT2D eigenvalue weighted by Gasteiger charge is -2.19. The first-order valence-corrected chi connectivity index (χ1v) is 7.63. The number of rotatable bonds is 8. The molecule has 0 radical (unpaired) electrons. The molecule has 1 rings (SSSR count). The number of amides is 4. The maximum Gasteiger partial charge on any atom is 0.407 e. The average molecular weight is 375 g/mol. The molecule has 0 bridgehead atoms. The molecule has 1 aliphatic heterocycles. The summed E-state index contributed by atoms with van der Waals surface area (Å²) in [6.45, 7) is 0.315. The minimum atomic E-state index is -1.10. The van der Waals surface area contributed by atoms with E-state index in [9.17, 15) is 24.0 Å². The van der Waals surface area contributed by atoms with Gasteiger partial charge in [-0.1, -0.05) is 7.43 Å². The summed E-state index contributed by atoms with van der Waals surface area (Å²) in [5.41, 5.74) is 0. The summed E-state index contributed by atoms with van der Waals surface area (Å²) in [5.74, 6) is -2.18. The standard InChI is InChI=1S/C14H21N3O8.CH4/c1-23-13(21)15-8-4-3-5-9(16-14(22)24-2)12(20)25-17-10(18)6-7-11(17)19;/h9H,3-8H2,1-2H3,(H,15,21)(H,16,22);1H4. The fraction of sp³-hybridized carbons (Fsp3) is 0.667. The molecule has 2 N–H and O–H groups in total. The van der Waals surface area contributed by atoms with Gasteiger partial charge in [0.25, 0.3) is 11.8 Å². The van der Waals surface area contributed by atoms with Crippen LogP contribution in [-0.4, -0.2) is 61.8 Å². The van der Waals surface area contributed by atoms with Crippen molar-refractivity contribution in [2.24, 2.45) is 0 Å². The van der Waals surface area contributed by atoms with Crippen LogP contribution in [0.4, 0.5) is 9.59 Å². The first kappa shape index (κ1) is 23.1. The Balaban J connectivity index is 0.00000625. The molecule has 0 aromatic carbocycles. The summed E-state index contributed by atoms with van der Waals surface area (Å²) in [4.78, 5) is 62.1. The Hall–Kier alpha value is -2.85. The summed E-state index contributed by atoms with van der Waals surface area (Å²) in [6, 6.07) is -1.10. The number of nitrogens with zero attached hydrogens (tertiary/aromatic N) is 1. The van der Waals surface area contributed by atoms with Crippen LogP contribution in [0.1, 0.15) is 39.5 Å². The minimum absolute atomic E-state index is 0. The van der Waals surface area contributed by atoms with Gasteiger partial charge < -0.3 is 24.9 Å². The zero-order valence-corrected chi connectivity index (χ0v) is 14.0. The topological polar surface area (TPSA) is 140 Å². The van der Waals surface area contributed by atoms with E-state index in [4.69, 9.17) is 4.84 Å². The number of imide groups is 1. The molecule has 4 amide bonds. The summed E-state index contributed by atoms with van der Waals surface area (Å²) < 4.78 is 8.85. The second-order valence-electron chi connectivity index (χ2n) is 5.09. The summed E-state index contributed by atoms with van der Waals surface area (Å²) >= 11 is 0. The van der Waals surface area contributed by atoms with E-state index in [-0.39, 0.29) is 26.7 Å². The lowest BCUT2D eigenvalue weighted by atomic mass is 10.1. The highest BCUT2D eigenvalue weighted by atomic mass is 16.7. The summed E-state index contributed by atoms with van der Waals surface area (Å²) in [7, 11) is 2.37. The quantitative estimate of drug-likeness (QED) is 0.461. The lowest BCUT2D eigenvalue weighted by Crippen LogP contribution is -2.45. The second kappa shape index (κ2) is 11.7. The van der Waals surface area contributed by atoms with E-state index in [0.29, 0.717) is 24.4 Å². The SMILES string of the molecule is C.COC(=O)NCCCCC(NC(=O)OC)C(=O)ON1C(=O)CCC1=O. The van der Waals surface area contributed by atoms with Crippen molar-refractivity contribution < 1.29 is 38.3 Å². The Labute approximate surface area is 151 Å². The van der Waals surface area contributed by atoms with Gasteiger partial charge in [-0.05, 0) is 19.3 Å². The van der Waals surface area contributed by atoms with Crippen molar-refractivity contribution in [3.8, 4) is 0 Å². The van der Waals surface area contributed by atoms with Gasteiger partial charge in [0.1, 0.15) is 6.04 Å². The van der Waals surface area contributed by atoms with Crippen LogP contribution in [0.2, 0.25) is 0 Å². The Morgan fingerprint density at radius 2 is 1.62 bits per heavy atom. The molecule has 1 fully saturated rings. The third-order valence-corrected chi connectivity index (χ3v) is 3.32. The number of alkyl carbamates (subject to hydrolysis) is 2. The smallest absolute Gasteiger partial charge is 0.407 e. The molecule has 1 aliphatic rings. The van der Waals surface area contributed by atoms with Gasteiger partial charge >= 0.3 is 18.2 Å². The number of ether oxygens (including phenoxy) is 2. The monoisotopic (exact) mass is 375 g/mol. The van der Waals surface area contributed by atoms with Crippen molar-refractivity contribution in [1.29, 1.82) is 0 Å². The molecule has 1 saturated heterocycles. The van der Waals surface area contributed by atoms with Crippen LogP contribution >= 0.6 is 0 Å². The fourth-order valence-electron chi connectivity index (χ4n) is 2.00. The van der Waals surface area contributed by atoms with Gasteiger partial charge in [-0.25, -0.2) is 14.4 Å². The van der Waals surface area contributed by atoms with Crippen molar-refractivity contribution in [3.63, 3.8) is 0 Å². The zero-order chi connectivity index (χ0) is 18.8. The van der Waals surface area contributed by atoms with Gasteiger partial charge in [-0.3, -0.25) is 9.59 Å². The second-order valence-corrected chi connectivity index (χ2v) is 5.09. The Bertz CT molecular complexity index is 521. The first-order chi connectivity index (χ1) is 11.9. The molecule has 148 valence electrons. The van der Waals surface area contributed by atoms with Crippen LogP contribution in [0.3, 0.4) is 0 Å². The molecule has 0 aromatic rings. The van der Waals surface area contributed by atoms with Crippen molar-refractivity contribution in [1.82, 2.24) is 15.7 Å². The number of unbranched alkanes of at least 4 members (excludes halogenated alkanes) is 1. The summed E-state index contributed by atoms with van der Waals surface area (Å²) in [5, 5.41) is 5.16. The van der Waals surface area contributed by atoms with Crippen molar-refractivity contribution in [2.75, 3.05) is 20.8 Å². The van der Waals surface area contributed by atoms with Crippen LogP contribution in [-0.2, 0) is 28.7 Å². The number of nitrogens with one attached hydrogen (secondary N) is 2. The van der Waals surface area contributed by atoms with Crippen LogP contribution in [0.5, 0.6) is 0 Å². The number of hydrogen-bond acceptors (Lipinski definition) is 8. The summed E-state index contributed by atoms with van der Waals surface area (Å²) in [6.07, 6.45) is -0.379. The molecule has 0 spiro atoms. The number of carbonyl (C=O) groups is 5. The zero-order valence-electron chi connectivity index (χ0n) is 14.0. The van der Waals surface area contributed by atoms with Gasteiger partial charge in [0, 0.05) is 19.4 Å². The highest BCUT2D eigenvalue weighted by molar-refractivity contribution is 6.01. The van der Waals surface area contributed by atoms with E-state index >= 15 is 0 Å². The van der Waals surface area contributed by atoms with Gasteiger partial charge in [0.2, 0.25) is 0 Å². The van der Waals surface area contributed by atoms with Crippen molar-refractivity contribution in [3.05, 3.63) is 0 Å². The highest BCUT2D eigenvalue weighted by Crippen LogP contribution is 2.14. The lowest BCUT2D eigenvalue weighted by molar-refractivity contribution is -0.199. The maximum absolute atomic E-state index is 12.1. The van der Waals surface area contributed by atoms with Crippen LogP contribution in [0.15, 0.2) is 0 Å². The molecule has 0 saturated carbocycles.